The number of nitrogens with zero attached hydrogens (tertiary/aromatic N) is 3. The van der Waals surface area contributed by atoms with Crippen molar-refractivity contribution in [2.24, 2.45) is 0 Å². The molecule has 1 saturated heterocycles. The monoisotopic (exact) mass is 533 g/mol. The van der Waals surface area contributed by atoms with Crippen molar-refractivity contribution in [3.8, 4) is 5.75 Å². The number of hydrogen-bond acceptors (Lipinski definition) is 6. The molecule has 3 heterocycles. The van der Waals surface area contributed by atoms with Gasteiger partial charge in [-0.1, -0.05) is 35.9 Å². The standard InChI is InChI=1S/C28H24ClN3O4S/c1-36-18-8-9-19-22(16-18)37-25(24(19)29)28(35)31-13-10-30(11-14-31)12-15-32-26(33)20-6-2-4-17-5-3-7-21(23(17)20)27(32)34/h2-9,16H,10-15H2,1H3. The maximum absolute atomic E-state index is 13.3. The number of halogens is 1. The van der Waals surface area contributed by atoms with Gasteiger partial charge in [0, 0.05) is 65.9 Å². The molecule has 4 aromatic rings. The number of methoxy groups -OCH3 is 1. The second kappa shape index (κ2) is 9.45. The number of rotatable bonds is 5. The first-order chi connectivity index (χ1) is 18.0. The second-order valence-electron chi connectivity index (χ2n) is 9.21. The fraction of sp³-hybridized carbons (Fsp3) is 0.250. The SMILES string of the molecule is COc1ccc2c(Cl)c(C(=O)N3CCN(CCN4C(=O)c5cccc6cccc(c56)C4=O)CC3)sc2c1. The van der Waals surface area contributed by atoms with Gasteiger partial charge in [0.1, 0.15) is 10.6 Å². The fourth-order valence-corrected chi connectivity index (χ4v) is 6.66. The van der Waals surface area contributed by atoms with Crippen molar-refractivity contribution in [3.05, 3.63) is 75.6 Å². The third-order valence-corrected chi connectivity index (χ3v) is 8.83. The van der Waals surface area contributed by atoms with Gasteiger partial charge in [-0.05, 0) is 35.7 Å². The minimum atomic E-state index is -0.251. The van der Waals surface area contributed by atoms with Crippen LogP contribution in [0.1, 0.15) is 30.4 Å². The van der Waals surface area contributed by atoms with Crippen molar-refractivity contribution in [1.29, 1.82) is 0 Å². The van der Waals surface area contributed by atoms with Gasteiger partial charge in [0.05, 0.1) is 12.1 Å². The predicted octanol–water partition coefficient (Wildman–Crippen LogP) is 4.77. The number of piperazine rings is 1. The molecule has 37 heavy (non-hydrogen) atoms. The number of hydrogen-bond donors (Lipinski definition) is 0. The molecule has 6 rings (SSSR count). The lowest BCUT2D eigenvalue weighted by Gasteiger charge is -2.36. The summed E-state index contributed by atoms with van der Waals surface area (Å²) in [6, 6.07) is 16.7. The average Bonchev–Trinajstić information content (AvgIpc) is 3.26. The van der Waals surface area contributed by atoms with Crippen LogP contribution >= 0.6 is 22.9 Å². The van der Waals surface area contributed by atoms with Crippen molar-refractivity contribution in [3.63, 3.8) is 0 Å². The van der Waals surface area contributed by atoms with Crippen LogP contribution in [0.15, 0.2) is 54.6 Å². The molecule has 0 saturated carbocycles. The fourth-order valence-electron chi connectivity index (χ4n) is 5.15. The largest absolute Gasteiger partial charge is 0.497 e. The Morgan fingerprint density at radius 2 is 1.62 bits per heavy atom. The smallest absolute Gasteiger partial charge is 0.265 e. The summed E-state index contributed by atoms with van der Waals surface area (Å²) in [5, 5.41) is 2.96. The summed E-state index contributed by atoms with van der Waals surface area (Å²) < 4.78 is 6.21. The quantitative estimate of drug-likeness (QED) is 0.346. The van der Waals surface area contributed by atoms with E-state index < -0.39 is 0 Å². The summed E-state index contributed by atoms with van der Waals surface area (Å²) in [6.07, 6.45) is 0. The molecule has 0 unspecified atom stereocenters. The van der Waals surface area contributed by atoms with E-state index in [0.717, 1.165) is 26.6 Å². The van der Waals surface area contributed by atoms with Crippen LogP contribution in [-0.4, -0.2) is 78.8 Å². The highest BCUT2D eigenvalue weighted by atomic mass is 35.5. The summed E-state index contributed by atoms with van der Waals surface area (Å²) in [5.41, 5.74) is 1.14. The van der Waals surface area contributed by atoms with Crippen LogP contribution in [0.25, 0.3) is 20.9 Å². The van der Waals surface area contributed by atoms with Crippen molar-refractivity contribution >= 4 is 61.5 Å². The van der Waals surface area contributed by atoms with E-state index in [2.05, 4.69) is 4.90 Å². The number of amides is 3. The minimum absolute atomic E-state index is 0.0732. The van der Waals surface area contributed by atoms with Crippen molar-refractivity contribution in [1.82, 2.24) is 14.7 Å². The van der Waals surface area contributed by atoms with Crippen molar-refractivity contribution in [2.75, 3.05) is 46.4 Å². The lowest BCUT2D eigenvalue weighted by molar-refractivity contribution is 0.0552. The number of ether oxygens (including phenoxy) is 1. The molecule has 188 valence electrons. The summed E-state index contributed by atoms with van der Waals surface area (Å²) in [4.78, 5) is 45.4. The zero-order valence-corrected chi connectivity index (χ0v) is 21.8. The van der Waals surface area contributed by atoms with Crippen molar-refractivity contribution < 1.29 is 19.1 Å². The van der Waals surface area contributed by atoms with Crippen LogP contribution in [0.3, 0.4) is 0 Å². The molecule has 3 aromatic carbocycles. The number of fused-ring (bicyclic) bond motifs is 1. The first kappa shape index (κ1) is 23.9. The van der Waals surface area contributed by atoms with Gasteiger partial charge < -0.3 is 9.64 Å². The van der Waals surface area contributed by atoms with Gasteiger partial charge in [0.25, 0.3) is 17.7 Å². The van der Waals surface area contributed by atoms with E-state index >= 15 is 0 Å². The Balaban J connectivity index is 1.10. The number of imide groups is 1. The van der Waals surface area contributed by atoms with E-state index in [1.807, 2.05) is 47.4 Å². The van der Waals surface area contributed by atoms with Gasteiger partial charge in [-0.15, -0.1) is 11.3 Å². The molecular formula is C28H24ClN3O4S. The molecule has 0 aliphatic carbocycles. The summed E-state index contributed by atoms with van der Waals surface area (Å²) in [7, 11) is 1.61. The lowest BCUT2D eigenvalue weighted by Crippen LogP contribution is -2.51. The summed E-state index contributed by atoms with van der Waals surface area (Å²) in [5.74, 6) is 0.151. The normalized spacial score (nSPS) is 16.2. The number of thiophene rings is 1. The van der Waals surface area contributed by atoms with E-state index in [-0.39, 0.29) is 17.7 Å². The third-order valence-electron chi connectivity index (χ3n) is 7.19. The van der Waals surface area contributed by atoms with Crippen molar-refractivity contribution in [2.45, 2.75) is 0 Å². The summed E-state index contributed by atoms with van der Waals surface area (Å²) >= 11 is 7.95. The molecule has 0 spiro atoms. The molecule has 0 N–H and O–H groups in total. The molecule has 9 heteroatoms. The molecule has 0 bridgehead atoms. The number of benzene rings is 3. The molecule has 2 aliphatic rings. The lowest BCUT2D eigenvalue weighted by atomic mass is 9.94. The van der Waals surface area contributed by atoms with Crippen LogP contribution in [0.2, 0.25) is 5.02 Å². The molecule has 0 radical (unpaired) electrons. The van der Waals surface area contributed by atoms with E-state index in [1.54, 1.807) is 19.2 Å². The topological polar surface area (TPSA) is 70.2 Å². The molecule has 1 fully saturated rings. The van der Waals surface area contributed by atoms with Crippen LogP contribution in [-0.2, 0) is 0 Å². The zero-order chi connectivity index (χ0) is 25.7. The van der Waals surface area contributed by atoms with E-state index in [4.69, 9.17) is 16.3 Å². The third kappa shape index (κ3) is 4.05. The highest BCUT2D eigenvalue weighted by molar-refractivity contribution is 7.21. The maximum Gasteiger partial charge on any atom is 0.265 e. The Morgan fingerprint density at radius 1 is 0.946 bits per heavy atom. The molecule has 3 amide bonds. The maximum atomic E-state index is 13.3. The van der Waals surface area contributed by atoms with E-state index in [0.29, 0.717) is 60.3 Å². The molecule has 1 aromatic heterocycles. The van der Waals surface area contributed by atoms with Gasteiger partial charge in [0.2, 0.25) is 0 Å². The average molecular weight is 534 g/mol. The Labute approximate surface area is 222 Å². The first-order valence-electron chi connectivity index (χ1n) is 12.1. The Hall–Kier alpha value is -3.46. The number of carbonyl (C=O) groups excluding carboxylic acids is 3. The molecule has 7 nitrogen and oxygen atoms in total. The van der Waals surface area contributed by atoms with Gasteiger partial charge >= 0.3 is 0 Å². The highest BCUT2D eigenvalue weighted by Gasteiger charge is 2.33. The molecule has 0 atom stereocenters. The van der Waals surface area contributed by atoms with Gasteiger partial charge in [-0.2, -0.15) is 0 Å². The van der Waals surface area contributed by atoms with Gasteiger partial charge in [-0.25, -0.2) is 0 Å². The number of carbonyl (C=O) groups is 3. The summed E-state index contributed by atoms with van der Waals surface area (Å²) in [6.45, 7) is 3.28. The van der Waals surface area contributed by atoms with Crippen LogP contribution in [0, 0.1) is 0 Å². The molecule has 2 aliphatic heterocycles. The zero-order valence-electron chi connectivity index (χ0n) is 20.2. The van der Waals surface area contributed by atoms with Gasteiger partial charge in [0.15, 0.2) is 0 Å². The second-order valence-corrected chi connectivity index (χ2v) is 10.6. The molecular weight excluding hydrogens is 510 g/mol. The Morgan fingerprint density at radius 3 is 2.27 bits per heavy atom. The van der Waals surface area contributed by atoms with E-state index in [1.165, 1.54) is 16.2 Å². The Bertz CT molecular complexity index is 1520. The predicted molar refractivity (Wildman–Crippen MR) is 145 cm³/mol. The Kier molecular flexibility index (Phi) is 6.10. The van der Waals surface area contributed by atoms with E-state index in [9.17, 15) is 14.4 Å². The minimum Gasteiger partial charge on any atom is -0.497 e. The van der Waals surface area contributed by atoms with Gasteiger partial charge in [-0.3, -0.25) is 24.2 Å². The van der Waals surface area contributed by atoms with Crippen LogP contribution in [0.5, 0.6) is 5.75 Å². The first-order valence-corrected chi connectivity index (χ1v) is 13.3. The highest BCUT2D eigenvalue weighted by Crippen LogP contribution is 2.38. The van der Waals surface area contributed by atoms with Crippen LogP contribution < -0.4 is 4.74 Å². The van der Waals surface area contributed by atoms with Crippen LogP contribution in [0.4, 0.5) is 0 Å².